The van der Waals surface area contributed by atoms with Gasteiger partial charge in [0.05, 0.1) is 0 Å². The Morgan fingerprint density at radius 3 is 2.16 bits per heavy atom. The maximum absolute atomic E-state index is 12.7. The van der Waals surface area contributed by atoms with E-state index < -0.39 is 5.97 Å². The topological polar surface area (TPSA) is 92.9 Å². The molecule has 0 saturated heterocycles. The Labute approximate surface area is 182 Å². The van der Waals surface area contributed by atoms with Gasteiger partial charge in [0.2, 0.25) is 0 Å². The predicted molar refractivity (Wildman–Crippen MR) is 122 cm³/mol. The van der Waals surface area contributed by atoms with Gasteiger partial charge in [-0.1, -0.05) is 60.7 Å². The lowest BCUT2D eigenvalue weighted by Crippen LogP contribution is -2.26. The fourth-order valence-corrected chi connectivity index (χ4v) is 2.89. The Morgan fingerprint density at radius 1 is 0.935 bits per heavy atom. The molecule has 6 nitrogen and oxygen atoms in total. The van der Waals surface area contributed by atoms with E-state index in [1.807, 2.05) is 30.3 Å². The average molecular weight is 421 g/mol. The van der Waals surface area contributed by atoms with Crippen molar-refractivity contribution in [1.82, 2.24) is 4.90 Å². The van der Waals surface area contributed by atoms with Gasteiger partial charge in [-0.05, 0) is 34.9 Å². The highest BCUT2D eigenvalue weighted by Gasteiger charge is 2.13. The van der Waals surface area contributed by atoms with Gasteiger partial charge in [0.25, 0.3) is 11.9 Å². The number of amides is 1. The zero-order valence-corrected chi connectivity index (χ0v) is 17.8. The molecule has 6 heteroatoms. The van der Waals surface area contributed by atoms with E-state index in [0.717, 1.165) is 18.1 Å². The minimum atomic E-state index is -0.833. The molecule has 0 radical (unpaired) electrons. The maximum atomic E-state index is 12.7. The van der Waals surface area contributed by atoms with Gasteiger partial charge in [0.15, 0.2) is 0 Å². The fourth-order valence-electron chi connectivity index (χ4n) is 2.89. The summed E-state index contributed by atoms with van der Waals surface area (Å²) in [5.74, 6) is -0.216. The summed E-state index contributed by atoms with van der Waals surface area (Å²) in [5.41, 5.74) is 9.49. The maximum Gasteiger partial charge on any atom is 0.300 e. The van der Waals surface area contributed by atoms with Crippen molar-refractivity contribution in [1.29, 1.82) is 0 Å². The zero-order valence-electron chi connectivity index (χ0n) is 17.8. The van der Waals surface area contributed by atoms with Crippen molar-refractivity contribution in [2.75, 3.05) is 20.2 Å². The Kier molecular flexibility index (Phi) is 9.26. The highest BCUT2D eigenvalue weighted by atomic mass is 16.5. The first-order chi connectivity index (χ1) is 14.9. The van der Waals surface area contributed by atoms with Gasteiger partial charge >= 0.3 is 0 Å². The second-order valence-electron chi connectivity index (χ2n) is 6.91. The molecule has 3 rings (SSSR count). The third kappa shape index (κ3) is 7.95. The summed E-state index contributed by atoms with van der Waals surface area (Å²) >= 11 is 0. The molecule has 31 heavy (non-hydrogen) atoms. The Bertz CT molecular complexity index is 968. The molecule has 0 aromatic heterocycles. The number of carbonyl (C=O) groups excluding carboxylic acids is 1. The monoisotopic (exact) mass is 420 g/mol. The summed E-state index contributed by atoms with van der Waals surface area (Å²) in [6.45, 7) is 2.50. The van der Waals surface area contributed by atoms with Crippen molar-refractivity contribution in [3.63, 3.8) is 0 Å². The van der Waals surface area contributed by atoms with Gasteiger partial charge in [0, 0.05) is 32.6 Å². The van der Waals surface area contributed by atoms with Crippen LogP contribution in [0.15, 0.2) is 78.9 Å². The number of rotatable bonds is 7. The number of carbonyl (C=O) groups is 2. The molecule has 0 fully saturated rings. The fraction of sp³-hybridized carbons (Fsp3) is 0.200. The number of aliphatic carboxylic acids is 1. The molecule has 3 aromatic rings. The molecule has 3 N–H and O–H groups in total. The first-order valence-electron chi connectivity index (χ1n) is 9.93. The summed E-state index contributed by atoms with van der Waals surface area (Å²) in [6, 6.07) is 25.7. The van der Waals surface area contributed by atoms with Gasteiger partial charge in [0.1, 0.15) is 12.4 Å². The molecule has 0 aliphatic rings. The molecule has 0 bridgehead atoms. The highest BCUT2D eigenvalue weighted by molar-refractivity contribution is 5.94. The molecule has 0 unspecified atom stereocenters. The van der Waals surface area contributed by atoms with Crippen LogP contribution in [0.3, 0.4) is 0 Å². The lowest BCUT2D eigenvalue weighted by molar-refractivity contribution is -0.134. The lowest BCUT2D eigenvalue weighted by Gasteiger charge is -2.18. The van der Waals surface area contributed by atoms with Gasteiger partial charge < -0.3 is 20.5 Å². The molecule has 0 aliphatic heterocycles. The van der Waals surface area contributed by atoms with Crippen LogP contribution in [0.1, 0.15) is 22.8 Å². The summed E-state index contributed by atoms with van der Waals surface area (Å²) in [5, 5.41) is 7.42. The molecule has 3 aromatic carbocycles. The minimum absolute atomic E-state index is 0.0414. The molecule has 0 spiro atoms. The van der Waals surface area contributed by atoms with Crippen LogP contribution >= 0.6 is 0 Å². The van der Waals surface area contributed by atoms with Crippen LogP contribution in [-0.2, 0) is 11.3 Å². The SMILES string of the molecule is CC(=O)O.CN(Cc1ccc(-c2ccccc2)cc1)C(=O)c1cccc(OCCN)c1. The zero-order chi connectivity index (χ0) is 22.6. The Balaban J connectivity index is 0.000000785. The Hall–Kier alpha value is -3.64. The minimum Gasteiger partial charge on any atom is -0.492 e. The van der Waals surface area contributed by atoms with E-state index in [9.17, 15) is 4.79 Å². The number of nitrogens with two attached hydrogens (primary N) is 1. The van der Waals surface area contributed by atoms with Gasteiger partial charge in [-0.2, -0.15) is 0 Å². The number of hydrogen-bond donors (Lipinski definition) is 2. The third-order valence-electron chi connectivity index (χ3n) is 4.30. The first-order valence-corrected chi connectivity index (χ1v) is 9.93. The quantitative estimate of drug-likeness (QED) is 0.601. The second kappa shape index (κ2) is 12.1. The van der Waals surface area contributed by atoms with Gasteiger partial charge in [-0.25, -0.2) is 0 Å². The van der Waals surface area contributed by atoms with E-state index in [4.69, 9.17) is 20.4 Å². The van der Waals surface area contributed by atoms with Crippen LogP contribution in [0.25, 0.3) is 11.1 Å². The van der Waals surface area contributed by atoms with Crippen molar-refractivity contribution in [2.45, 2.75) is 13.5 Å². The normalized spacial score (nSPS) is 9.90. The smallest absolute Gasteiger partial charge is 0.300 e. The molecule has 0 saturated carbocycles. The number of hydrogen-bond acceptors (Lipinski definition) is 4. The van der Waals surface area contributed by atoms with Crippen LogP contribution in [0, 0.1) is 0 Å². The third-order valence-corrected chi connectivity index (χ3v) is 4.30. The predicted octanol–water partition coefficient (Wildman–Crippen LogP) is 4.05. The Morgan fingerprint density at radius 2 is 1.55 bits per heavy atom. The van der Waals surface area contributed by atoms with Crippen LogP contribution in [0.2, 0.25) is 0 Å². The molecule has 0 heterocycles. The van der Waals surface area contributed by atoms with Crippen molar-refractivity contribution in [2.24, 2.45) is 5.73 Å². The van der Waals surface area contributed by atoms with Crippen molar-refractivity contribution < 1.29 is 19.4 Å². The van der Waals surface area contributed by atoms with Crippen LogP contribution in [0.5, 0.6) is 5.75 Å². The molecular weight excluding hydrogens is 392 g/mol. The number of carboxylic acid groups (broad SMARTS) is 1. The molecule has 0 aliphatic carbocycles. The number of carboxylic acids is 1. The van der Waals surface area contributed by atoms with E-state index in [1.165, 1.54) is 5.56 Å². The van der Waals surface area contributed by atoms with E-state index >= 15 is 0 Å². The summed E-state index contributed by atoms with van der Waals surface area (Å²) in [4.78, 5) is 23.4. The number of ether oxygens (including phenoxy) is 1. The number of benzene rings is 3. The van der Waals surface area contributed by atoms with E-state index in [-0.39, 0.29) is 5.91 Å². The first kappa shape index (κ1) is 23.6. The van der Waals surface area contributed by atoms with Crippen LogP contribution < -0.4 is 10.5 Å². The van der Waals surface area contributed by atoms with E-state index in [1.54, 1.807) is 24.1 Å². The van der Waals surface area contributed by atoms with Crippen molar-refractivity contribution in [3.05, 3.63) is 90.0 Å². The molecule has 162 valence electrons. The lowest BCUT2D eigenvalue weighted by atomic mass is 10.0. The second-order valence-corrected chi connectivity index (χ2v) is 6.91. The average Bonchev–Trinajstić information content (AvgIpc) is 2.78. The largest absolute Gasteiger partial charge is 0.492 e. The van der Waals surface area contributed by atoms with E-state index in [2.05, 4.69) is 36.4 Å². The van der Waals surface area contributed by atoms with Crippen molar-refractivity contribution >= 4 is 11.9 Å². The van der Waals surface area contributed by atoms with Gasteiger partial charge in [-0.3, -0.25) is 9.59 Å². The van der Waals surface area contributed by atoms with Crippen molar-refractivity contribution in [3.8, 4) is 16.9 Å². The van der Waals surface area contributed by atoms with Crippen LogP contribution in [-0.4, -0.2) is 42.1 Å². The molecular formula is C25H28N2O4. The standard InChI is InChI=1S/C23H24N2O2.C2H4O2/c1-25(23(26)21-8-5-9-22(16-21)27-15-14-24)17-18-10-12-20(13-11-18)19-6-3-2-4-7-19;1-2(3)4/h2-13,16H,14-15,17,24H2,1H3;1H3,(H,3,4). The summed E-state index contributed by atoms with van der Waals surface area (Å²) in [6.07, 6.45) is 0. The highest BCUT2D eigenvalue weighted by Crippen LogP contribution is 2.20. The van der Waals surface area contributed by atoms with E-state index in [0.29, 0.717) is 31.0 Å². The van der Waals surface area contributed by atoms with Crippen LogP contribution in [0.4, 0.5) is 0 Å². The van der Waals surface area contributed by atoms with Gasteiger partial charge in [-0.15, -0.1) is 0 Å². The summed E-state index contributed by atoms with van der Waals surface area (Å²) in [7, 11) is 1.81. The molecule has 1 amide bonds. The molecule has 0 atom stereocenters. The number of nitrogens with zero attached hydrogens (tertiary/aromatic N) is 1. The summed E-state index contributed by atoms with van der Waals surface area (Å²) < 4.78 is 5.50.